The molecule has 0 aliphatic carbocycles. The van der Waals surface area contributed by atoms with E-state index in [-0.39, 0.29) is 11.9 Å². The Hall–Kier alpha value is -2.95. The number of hydrogen-bond donors (Lipinski definition) is 1. The number of imidazole rings is 1. The van der Waals surface area contributed by atoms with E-state index in [0.29, 0.717) is 5.56 Å². The second-order valence-electron chi connectivity index (χ2n) is 6.86. The van der Waals surface area contributed by atoms with Crippen LogP contribution in [0.25, 0.3) is 11.3 Å². The summed E-state index contributed by atoms with van der Waals surface area (Å²) in [5.41, 5.74) is 4.35. The Labute approximate surface area is 153 Å². The maximum absolute atomic E-state index is 12.7. The number of aryl methyl sites for hydroxylation is 3. The molecule has 1 aliphatic heterocycles. The smallest absolute Gasteiger partial charge is 0.253 e. The first-order valence-corrected chi connectivity index (χ1v) is 8.97. The van der Waals surface area contributed by atoms with E-state index < -0.39 is 0 Å². The van der Waals surface area contributed by atoms with Crippen LogP contribution >= 0.6 is 0 Å². The zero-order chi connectivity index (χ0) is 18.1. The number of nitrogens with zero attached hydrogens (tertiary/aromatic N) is 3. The average molecular weight is 346 g/mol. The molecular weight excluding hydrogens is 324 g/mol. The standard InChI is InChI=1S/C21H22N4O/c1-14-12-25-13-17(8-11-20(25)22-14)24-21(26)18-9-10-19(23-15(18)2)16-6-4-3-5-7-16/h3-7,9-10,12,17H,8,11,13H2,1-2H3,(H,24,26). The van der Waals surface area contributed by atoms with Gasteiger partial charge in [0, 0.05) is 30.8 Å². The van der Waals surface area contributed by atoms with Crippen LogP contribution in [-0.4, -0.2) is 26.5 Å². The third-order valence-electron chi connectivity index (χ3n) is 4.85. The van der Waals surface area contributed by atoms with Gasteiger partial charge in [0.1, 0.15) is 5.82 Å². The molecule has 4 rings (SSSR count). The van der Waals surface area contributed by atoms with Crippen molar-refractivity contribution in [2.24, 2.45) is 0 Å². The lowest BCUT2D eigenvalue weighted by Crippen LogP contribution is -2.41. The summed E-state index contributed by atoms with van der Waals surface area (Å²) in [5.74, 6) is 1.05. The third-order valence-corrected chi connectivity index (χ3v) is 4.85. The van der Waals surface area contributed by atoms with E-state index in [9.17, 15) is 4.79 Å². The number of hydrogen-bond acceptors (Lipinski definition) is 3. The highest BCUT2D eigenvalue weighted by Crippen LogP contribution is 2.20. The molecule has 3 heterocycles. The number of fused-ring (bicyclic) bond motifs is 1. The van der Waals surface area contributed by atoms with Crippen LogP contribution in [0.15, 0.2) is 48.7 Å². The number of pyridine rings is 1. The Morgan fingerprint density at radius 1 is 1.12 bits per heavy atom. The third kappa shape index (κ3) is 3.25. The van der Waals surface area contributed by atoms with Gasteiger partial charge in [-0.3, -0.25) is 9.78 Å². The van der Waals surface area contributed by atoms with E-state index >= 15 is 0 Å². The predicted molar refractivity (Wildman–Crippen MR) is 101 cm³/mol. The van der Waals surface area contributed by atoms with Crippen LogP contribution in [0, 0.1) is 13.8 Å². The van der Waals surface area contributed by atoms with Gasteiger partial charge in [-0.25, -0.2) is 4.98 Å². The fraction of sp³-hybridized carbons (Fsp3) is 0.286. The van der Waals surface area contributed by atoms with Crippen molar-refractivity contribution in [2.75, 3.05) is 0 Å². The van der Waals surface area contributed by atoms with Crippen molar-refractivity contribution in [3.8, 4) is 11.3 Å². The Bertz CT molecular complexity index is 946. The highest BCUT2D eigenvalue weighted by Gasteiger charge is 2.22. The minimum absolute atomic E-state index is 0.0556. The van der Waals surface area contributed by atoms with Crippen molar-refractivity contribution < 1.29 is 4.79 Å². The summed E-state index contributed by atoms with van der Waals surface area (Å²) in [7, 11) is 0. The van der Waals surface area contributed by atoms with Gasteiger partial charge in [-0.05, 0) is 32.4 Å². The first kappa shape index (κ1) is 16.5. The zero-order valence-electron chi connectivity index (χ0n) is 15.1. The lowest BCUT2D eigenvalue weighted by Gasteiger charge is -2.25. The van der Waals surface area contributed by atoms with E-state index in [2.05, 4.69) is 26.0 Å². The first-order chi connectivity index (χ1) is 12.6. The highest BCUT2D eigenvalue weighted by atomic mass is 16.1. The van der Waals surface area contributed by atoms with Crippen molar-refractivity contribution in [1.29, 1.82) is 0 Å². The van der Waals surface area contributed by atoms with Crippen molar-refractivity contribution in [3.63, 3.8) is 0 Å². The minimum Gasteiger partial charge on any atom is -0.347 e. The molecule has 0 saturated carbocycles. The molecule has 26 heavy (non-hydrogen) atoms. The van der Waals surface area contributed by atoms with E-state index in [1.165, 1.54) is 0 Å². The van der Waals surface area contributed by atoms with Gasteiger partial charge in [-0.1, -0.05) is 30.3 Å². The maximum Gasteiger partial charge on any atom is 0.253 e. The SMILES string of the molecule is Cc1cn2c(n1)CCC(NC(=O)c1ccc(-c3ccccc3)nc1C)C2. The Balaban J connectivity index is 1.48. The van der Waals surface area contributed by atoms with Gasteiger partial charge in [-0.2, -0.15) is 0 Å². The summed E-state index contributed by atoms with van der Waals surface area (Å²) in [6, 6.07) is 13.9. The number of aromatic nitrogens is 3. The van der Waals surface area contributed by atoms with Gasteiger partial charge in [0.05, 0.1) is 22.6 Å². The summed E-state index contributed by atoms with van der Waals surface area (Å²) >= 11 is 0. The summed E-state index contributed by atoms with van der Waals surface area (Å²) in [4.78, 5) is 21.9. The van der Waals surface area contributed by atoms with Gasteiger partial charge < -0.3 is 9.88 Å². The summed E-state index contributed by atoms with van der Waals surface area (Å²) < 4.78 is 2.15. The van der Waals surface area contributed by atoms with E-state index in [4.69, 9.17) is 0 Å². The van der Waals surface area contributed by atoms with Crippen LogP contribution in [0.1, 0.15) is 34.0 Å². The van der Waals surface area contributed by atoms with Crippen LogP contribution in [0.2, 0.25) is 0 Å². The fourth-order valence-corrected chi connectivity index (χ4v) is 3.54. The van der Waals surface area contributed by atoms with Crippen molar-refractivity contribution in [2.45, 2.75) is 39.3 Å². The normalized spacial score (nSPS) is 16.2. The zero-order valence-corrected chi connectivity index (χ0v) is 15.1. The maximum atomic E-state index is 12.7. The molecule has 0 bridgehead atoms. The Kier molecular flexibility index (Phi) is 4.29. The number of benzene rings is 1. The van der Waals surface area contributed by atoms with Crippen molar-refractivity contribution >= 4 is 5.91 Å². The van der Waals surface area contributed by atoms with Crippen molar-refractivity contribution in [1.82, 2.24) is 19.9 Å². The van der Waals surface area contributed by atoms with Crippen LogP contribution in [0.4, 0.5) is 0 Å². The van der Waals surface area contributed by atoms with Gasteiger partial charge in [-0.15, -0.1) is 0 Å². The summed E-state index contributed by atoms with van der Waals surface area (Å²) in [6.45, 7) is 4.66. The summed E-state index contributed by atoms with van der Waals surface area (Å²) in [6.07, 6.45) is 3.86. The molecule has 5 nitrogen and oxygen atoms in total. The van der Waals surface area contributed by atoms with Gasteiger partial charge in [0.25, 0.3) is 5.91 Å². The second kappa shape index (κ2) is 6.75. The molecule has 1 N–H and O–H groups in total. The molecule has 0 saturated heterocycles. The number of carbonyl (C=O) groups is 1. The average Bonchev–Trinajstić information content (AvgIpc) is 3.01. The minimum atomic E-state index is -0.0556. The molecule has 2 aromatic heterocycles. The lowest BCUT2D eigenvalue weighted by molar-refractivity contribution is 0.0926. The predicted octanol–water partition coefficient (Wildman–Crippen LogP) is 3.31. The van der Waals surface area contributed by atoms with Gasteiger partial charge in [0.15, 0.2) is 0 Å². The van der Waals surface area contributed by atoms with Gasteiger partial charge in [0.2, 0.25) is 0 Å². The lowest BCUT2D eigenvalue weighted by atomic mass is 10.1. The molecule has 1 aliphatic rings. The molecule has 3 aromatic rings. The number of rotatable bonds is 3. The Morgan fingerprint density at radius 3 is 2.69 bits per heavy atom. The van der Waals surface area contributed by atoms with Crippen LogP contribution in [-0.2, 0) is 13.0 Å². The number of nitrogens with one attached hydrogen (secondary N) is 1. The topological polar surface area (TPSA) is 59.8 Å². The summed E-state index contributed by atoms with van der Waals surface area (Å²) in [5, 5.41) is 3.16. The van der Waals surface area contributed by atoms with E-state index in [0.717, 1.165) is 47.9 Å². The largest absolute Gasteiger partial charge is 0.347 e. The van der Waals surface area contributed by atoms with E-state index in [1.807, 2.05) is 56.3 Å². The van der Waals surface area contributed by atoms with Gasteiger partial charge >= 0.3 is 0 Å². The van der Waals surface area contributed by atoms with Crippen LogP contribution in [0.3, 0.4) is 0 Å². The fourth-order valence-electron chi connectivity index (χ4n) is 3.54. The molecule has 0 radical (unpaired) electrons. The van der Waals surface area contributed by atoms with Crippen LogP contribution < -0.4 is 5.32 Å². The molecule has 1 atom stereocenters. The molecule has 0 spiro atoms. The van der Waals surface area contributed by atoms with Crippen LogP contribution in [0.5, 0.6) is 0 Å². The highest BCUT2D eigenvalue weighted by molar-refractivity contribution is 5.95. The van der Waals surface area contributed by atoms with Crippen molar-refractivity contribution in [3.05, 3.63) is 71.4 Å². The number of carbonyl (C=O) groups excluding carboxylic acids is 1. The molecular formula is C21H22N4O. The molecule has 132 valence electrons. The molecule has 1 aromatic carbocycles. The number of amides is 1. The second-order valence-corrected chi connectivity index (χ2v) is 6.86. The monoisotopic (exact) mass is 346 g/mol. The quantitative estimate of drug-likeness (QED) is 0.791. The molecule has 0 fully saturated rings. The Morgan fingerprint density at radius 2 is 1.92 bits per heavy atom. The molecule has 5 heteroatoms. The molecule has 1 unspecified atom stereocenters. The first-order valence-electron chi connectivity index (χ1n) is 8.97. The molecule has 1 amide bonds. The van der Waals surface area contributed by atoms with E-state index in [1.54, 1.807) is 0 Å².